The van der Waals surface area contributed by atoms with E-state index in [1.807, 2.05) is 18.7 Å². The fourth-order valence-corrected chi connectivity index (χ4v) is 7.23. The maximum atomic E-state index is 12.5. The van der Waals surface area contributed by atoms with Crippen LogP contribution in [0.25, 0.3) is 0 Å². The maximum absolute atomic E-state index is 12.5. The fourth-order valence-electron chi connectivity index (χ4n) is 3.67. The van der Waals surface area contributed by atoms with E-state index in [9.17, 15) is 19.5 Å². The molecule has 0 radical (unpaired) electrons. The van der Waals surface area contributed by atoms with Gasteiger partial charge in [-0.15, -0.1) is 6.58 Å². The summed E-state index contributed by atoms with van der Waals surface area (Å²) in [4.78, 5) is 42.4. The Labute approximate surface area is 250 Å². The molecule has 0 aromatic heterocycles. The van der Waals surface area contributed by atoms with Crippen molar-refractivity contribution in [3.05, 3.63) is 12.7 Å². The lowest BCUT2D eigenvalue weighted by Gasteiger charge is -2.43. The van der Waals surface area contributed by atoms with Crippen molar-refractivity contribution in [2.75, 3.05) is 45.4 Å². The summed E-state index contributed by atoms with van der Waals surface area (Å²) in [5, 5.41) is 10.1. The first kappa shape index (κ1) is 35.3. The number of aliphatic hydroxyl groups excluding tert-OH is 1. The molecule has 0 bridgehead atoms. The Kier molecular flexibility index (Phi) is 17.3. The standard InChI is InChI=1S/C26H46IN3O6S2/c1-7-11-29-18-28(19-30(20(3)4)25(29)34)12-9-13-35-23(32)10-14-37-38-22(27)15-24(33)36-17-21(31)16-26(5,6)8-2/h7,20-22,31H,1,8-19H2,2-6H3. The average molecular weight is 688 g/mol. The van der Waals surface area contributed by atoms with Crippen LogP contribution in [0.3, 0.4) is 0 Å². The number of halogens is 1. The predicted octanol–water partition coefficient (Wildman–Crippen LogP) is 5.12. The smallest absolute Gasteiger partial charge is 0.322 e. The molecule has 0 saturated carbocycles. The van der Waals surface area contributed by atoms with Crippen molar-refractivity contribution in [1.82, 2.24) is 14.7 Å². The van der Waals surface area contributed by atoms with Gasteiger partial charge in [0.15, 0.2) is 0 Å². The van der Waals surface area contributed by atoms with Gasteiger partial charge in [-0.1, -0.05) is 77.4 Å². The molecule has 9 nitrogen and oxygen atoms in total. The van der Waals surface area contributed by atoms with Crippen LogP contribution in [0.4, 0.5) is 4.79 Å². The molecule has 0 aliphatic carbocycles. The lowest BCUT2D eigenvalue weighted by Crippen LogP contribution is -2.59. The zero-order chi connectivity index (χ0) is 28.7. The van der Waals surface area contributed by atoms with Crippen molar-refractivity contribution in [2.45, 2.75) is 82.1 Å². The van der Waals surface area contributed by atoms with E-state index in [1.165, 1.54) is 21.6 Å². The molecule has 1 saturated heterocycles. The highest BCUT2D eigenvalue weighted by Gasteiger charge is 2.30. The highest BCUT2D eigenvalue weighted by Crippen LogP contribution is 2.34. The van der Waals surface area contributed by atoms with E-state index in [1.54, 1.807) is 11.0 Å². The molecule has 1 fully saturated rings. The number of hydrogen-bond donors (Lipinski definition) is 1. The van der Waals surface area contributed by atoms with Gasteiger partial charge >= 0.3 is 18.0 Å². The second kappa shape index (κ2) is 18.6. The number of amides is 2. The second-order valence-corrected chi connectivity index (χ2v) is 15.5. The summed E-state index contributed by atoms with van der Waals surface area (Å²) in [7, 11) is 3.06. The summed E-state index contributed by atoms with van der Waals surface area (Å²) in [6, 6.07) is 0.128. The van der Waals surface area contributed by atoms with Crippen LogP contribution in [0.5, 0.6) is 0 Å². The number of carbonyl (C=O) groups is 3. The van der Waals surface area contributed by atoms with Gasteiger partial charge in [0.2, 0.25) is 0 Å². The zero-order valence-corrected chi connectivity index (χ0v) is 27.3. The van der Waals surface area contributed by atoms with Gasteiger partial charge in [0.05, 0.1) is 42.1 Å². The summed E-state index contributed by atoms with van der Waals surface area (Å²) in [6.45, 7) is 16.7. The van der Waals surface area contributed by atoms with Crippen LogP contribution in [0.1, 0.15) is 66.7 Å². The third-order valence-corrected chi connectivity index (χ3v) is 10.9. The number of urea groups is 1. The molecule has 0 aromatic carbocycles. The number of alkyl halides is 1. The van der Waals surface area contributed by atoms with Crippen LogP contribution in [0.2, 0.25) is 0 Å². The van der Waals surface area contributed by atoms with Crippen molar-refractivity contribution in [1.29, 1.82) is 0 Å². The van der Waals surface area contributed by atoms with Gasteiger partial charge < -0.3 is 24.4 Å². The normalized spacial score (nSPS) is 16.5. The summed E-state index contributed by atoms with van der Waals surface area (Å²) in [5.41, 5.74) is 0.0168. The van der Waals surface area contributed by atoms with Gasteiger partial charge in [-0.25, -0.2) is 4.79 Å². The molecule has 2 amide bonds. The molecule has 1 aliphatic heterocycles. The van der Waals surface area contributed by atoms with Crippen LogP contribution in [0, 0.1) is 5.41 Å². The quantitative estimate of drug-likeness (QED) is 0.0496. The Morgan fingerprint density at radius 2 is 1.95 bits per heavy atom. The molecule has 38 heavy (non-hydrogen) atoms. The Morgan fingerprint density at radius 3 is 2.58 bits per heavy atom. The molecule has 0 aromatic rings. The Morgan fingerprint density at radius 1 is 1.24 bits per heavy atom. The molecule has 1 aliphatic rings. The second-order valence-electron chi connectivity index (χ2n) is 10.4. The van der Waals surface area contributed by atoms with E-state index in [-0.39, 0.29) is 45.7 Å². The minimum Gasteiger partial charge on any atom is -0.466 e. The Balaban J connectivity index is 2.17. The minimum absolute atomic E-state index is 0.00725. The van der Waals surface area contributed by atoms with Crippen molar-refractivity contribution < 1.29 is 29.0 Å². The number of hydrogen-bond acceptors (Lipinski definition) is 9. The number of aliphatic hydroxyl groups is 1. The molecular weight excluding hydrogens is 641 g/mol. The third kappa shape index (κ3) is 14.6. The van der Waals surface area contributed by atoms with E-state index in [0.717, 1.165) is 13.0 Å². The molecule has 220 valence electrons. The first-order valence-corrected chi connectivity index (χ1v) is 16.8. The van der Waals surface area contributed by atoms with Gasteiger partial charge in [0.1, 0.15) is 6.61 Å². The van der Waals surface area contributed by atoms with Crippen LogP contribution in [-0.4, -0.2) is 98.6 Å². The van der Waals surface area contributed by atoms with Gasteiger partial charge in [-0.05, 0) is 32.1 Å². The lowest BCUT2D eigenvalue weighted by molar-refractivity contribution is -0.147. The van der Waals surface area contributed by atoms with E-state index in [4.69, 9.17) is 9.47 Å². The maximum Gasteiger partial charge on any atom is 0.322 e. The molecule has 2 atom stereocenters. The van der Waals surface area contributed by atoms with Gasteiger partial charge in [0, 0.05) is 24.9 Å². The topological polar surface area (TPSA) is 99.6 Å². The SMILES string of the molecule is C=CCN1CN(CCCOC(=O)CCSSC(I)CC(=O)OCC(O)CC(C)(C)CC)CN(C(C)C)C1=O. The number of carbonyl (C=O) groups excluding carboxylic acids is 3. The van der Waals surface area contributed by atoms with Crippen LogP contribution < -0.4 is 0 Å². The Bertz CT molecular complexity index is 758. The largest absolute Gasteiger partial charge is 0.466 e. The summed E-state index contributed by atoms with van der Waals surface area (Å²) in [6.07, 6.45) is 3.85. The van der Waals surface area contributed by atoms with Crippen molar-refractivity contribution in [3.63, 3.8) is 0 Å². The average Bonchev–Trinajstić information content (AvgIpc) is 2.84. The number of rotatable bonds is 19. The minimum atomic E-state index is -0.652. The highest BCUT2D eigenvalue weighted by atomic mass is 127. The van der Waals surface area contributed by atoms with Crippen molar-refractivity contribution in [2.24, 2.45) is 5.41 Å². The fraction of sp³-hybridized carbons (Fsp3) is 0.808. The van der Waals surface area contributed by atoms with Crippen LogP contribution in [-0.2, 0) is 19.1 Å². The summed E-state index contributed by atoms with van der Waals surface area (Å²) >= 11 is 2.19. The monoisotopic (exact) mass is 687 g/mol. The summed E-state index contributed by atoms with van der Waals surface area (Å²) < 4.78 is 10.6. The lowest BCUT2D eigenvalue weighted by atomic mass is 9.84. The van der Waals surface area contributed by atoms with Crippen LogP contribution in [0.15, 0.2) is 12.7 Å². The first-order valence-electron chi connectivity index (χ1n) is 13.2. The molecule has 1 rings (SSSR count). The number of nitrogens with zero attached hydrogens (tertiary/aromatic N) is 3. The number of ether oxygens (including phenoxy) is 2. The highest BCUT2D eigenvalue weighted by molar-refractivity contribution is 14.1. The molecular formula is C26H46IN3O6S2. The van der Waals surface area contributed by atoms with E-state index in [2.05, 4.69) is 54.8 Å². The molecule has 0 spiro atoms. The van der Waals surface area contributed by atoms with Crippen molar-refractivity contribution >= 4 is 62.1 Å². The first-order chi connectivity index (χ1) is 17.9. The van der Waals surface area contributed by atoms with E-state index in [0.29, 0.717) is 51.5 Å². The molecule has 1 heterocycles. The number of esters is 2. The summed E-state index contributed by atoms with van der Waals surface area (Å²) in [5.74, 6) is 0.0293. The van der Waals surface area contributed by atoms with Gasteiger partial charge in [-0.3, -0.25) is 14.5 Å². The van der Waals surface area contributed by atoms with Crippen LogP contribution >= 0.6 is 44.2 Å². The molecule has 2 unspecified atom stereocenters. The van der Waals surface area contributed by atoms with Gasteiger partial charge in [-0.2, -0.15) is 0 Å². The van der Waals surface area contributed by atoms with Gasteiger partial charge in [0.25, 0.3) is 0 Å². The molecule has 1 N–H and O–H groups in total. The molecule has 12 heteroatoms. The zero-order valence-electron chi connectivity index (χ0n) is 23.5. The van der Waals surface area contributed by atoms with E-state index < -0.39 is 6.10 Å². The third-order valence-electron chi connectivity index (χ3n) is 6.17. The van der Waals surface area contributed by atoms with Crippen molar-refractivity contribution in [3.8, 4) is 0 Å². The van der Waals surface area contributed by atoms with E-state index >= 15 is 0 Å². The Hall–Kier alpha value is -0.700. The predicted molar refractivity (Wildman–Crippen MR) is 164 cm³/mol.